The lowest BCUT2D eigenvalue weighted by molar-refractivity contribution is -0.654. The Bertz CT molecular complexity index is 1310. The van der Waals surface area contributed by atoms with Crippen LogP contribution in [-0.4, -0.2) is 23.7 Å². The summed E-state index contributed by atoms with van der Waals surface area (Å²) in [6.45, 7) is 2.07. The summed E-state index contributed by atoms with van der Waals surface area (Å²) in [4.78, 5) is 6.78. The molecule has 0 spiro atoms. The second-order valence-electron chi connectivity index (χ2n) is 7.41. The molecule has 4 aromatic rings. The maximum Gasteiger partial charge on any atom is 0.399 e. The first-order valence-electron chi connectivity index (χ1n) is 9.47. The number of furan rings is 1. The third-order valence-corrected chi connectivity index (χ3v) is 5.44. The molecule has 0 bridgehead atoms. The Labute approximate surface area is 164 Å². The van der Waals surface area contributed by atoms with Crippen molar-refractivity contribution in [3.63, 3.8) is 0 Å². The summed E-state index contributed by atoms with van der Waals surface area (Å²) < 4.78 is 8.27. The highest BCUT2D eigenvalue weighted by atomic mass is 16.3. The summed E-state index contributed by atoms with van der Waals surface area (Å²) in [5, 5.41) is 2.16. The van der Waals surface area contributed by atoms with Crippen LogP contribution in [0.15, 0.2) is 65.2 Å². The van der Waals surface area contributed by atoms with Gasteiger partial charge in [-0.3, -0.25) is 0 Å². The zero-order valence-electron chi connectivity index (χ0n) is 16.3. The van der Waals surface area contributed by atoms with Gasteiger partial charge in [-0.1, -0.05) is 30.3 Å². The molecule has 1 aliphatic rings. The number of pyridine rings is 2. The van der Waals surface area contributed by atoms with E-state index in [0.717, 1.165) is 21.7 Å². The van der Waals surface area contributed by atoms with Crippen molar-refractivity contribution < 1.29 is 8.98 Å². The molecule has 0 aliphatic carbocycles. The maximum atomic E-state index is 6.09. The summed E-state index contributed by atoms with van der Waals surface area (Å²) in [6, 6.07) is 19.0. The highest BCUT2D eigenvalue weighted by Gasteiger charge is 2.31. The van der Waals surface area contributed by atoms with E-state index in [0.29, 0.717) is 5.71 Å². The van der Waals surface area contributed by atoms with Crippen molar-refractivity contribution in [3.8, 4) is 11.1 Å². The Morgan fingerprint density at radius 1 is 1.04 bits per heavy atom. The van der Waals surface area contributed by atoms with Crippen LogP contribution in [0.2, 0.25) is 0 Å². The average Bonchev–Trinajstić information content (AvgIpc) is 3.05. The molecule has 1 aromatic carbocycles. The van der Waals surface area contributed by atoms with E-state index in [1.165, 1.54) is 16.7 Å². The maximum absolute atomic E-state index is 6.09. The molecular weight excluding hydrogens is 345 g/mol. The molecule has 0 fully saturated rings. The monoisotopic (exact) mass is 366 g/mol. The lowest BCUT2D eigenvalue weighted by Gasteiger charge is -2.21. The summed E-state index contributed by atoms with van der Waals surface area (Å²) in [5.41, 5.74) is 6.19. The Morgan fingerprint density at radius 3 is 2.68 bits per heavy atom. The first-order valence-corrected chi connectivity index (χ1v) is 9.47. The van der Waals surface area contributed by atoms with Crippen LogP contribution in [0.3, 0.4) is 0 Å². The SMILES string of the molecule is Cc1ccc2c3c(oc2n1)=CB(c1cc(-c2ccccc2)cc[n+]1C)N(C)C=3. The van der Waals surface area contributed by atoms with E-state index in [1.807, 2.05) is 19.1 Å². The Balaban J connectivity index is 1.66. The minimum Gasteiger partial charge on any atom is -0.439 e. The highest BCUT2D eigenvalue weighted by molar-refractivity contribution is 6.82. The van der Waals surface area contributed by atoms with Crippen LogP contribution in [0.1, 0.15) is 5.69 Å². The third-order valence-electron chi connectivity index (χ3n) is 5.44. The van der Waals surface area contributed by atoms with Gasteiger partial charge in [0.25, 0.3) is 0 Å². The molecule has 4 heterocycles. The van der Waals surface area contributed by atoms with Gasteiger partial charge in [0.05, 0.1) is 0 Å². The second-order valence-corrected chi connectivity index (χ2v) is 7.41. The van der Waals surface area contributed by atoms with Gasteiger partial charge in [-0.15, -0.1) is 0 Å². The summed E-state index contributed by atoms with van der Waals surface area (Å²) >= 11 is 0. The molecule has 0 N–H and O–H groups in total. The molecule has 5 rings (SSSR count). The van der Waals surface area contributed by atoms with Crippen molar-refractivity contribution >= 4 is 35.7 Å². The Morgan fingerprint density at radius 2 is 1.86 bits per heavy atom. The topological polar surface area (TPSA) is 33.1 Å². The number of benzene rings is 1. The zero-order chi connectivity index (χ0) is 19.3. The third kappa shape index (κ3) is 2.71. The summed E-state index contributed by atoms with van der Waals surface area (Å²) in [7, 11) is 4.20. The fourth-order valence-electron chi connectivity index (χ4n) is 3.90. The van der Waals surface area contributed by atoms with Crippen molar-refractivity contribution in [2.45, 2.75) is 6.92 Å². The van der Waals surface area contributed by atoms with E-state index < -0.39 is 0 Å². The molecule has 5 heteroatoms. The number of hydrogen-bond donors (Lipinski definition) is 0. The summed E-state index contributed by atoms with van der Waals surface area (Å²) in [6.07, 6.45) is 4.29. The van der Waals surface area contributed by atoms with E-state index in [-0.39, 0.29) is 6.85 Å². The standard InChI is InChI=1S/C23H21BN3O/c1-16-9-10-19-20-15-27(3)24(14-21(20)28-23(19)25-16)22-13-18(11-12-26(22)2)17-7-5-4-6-8-17/h4-15H,1-3H3/q+1. The fourth-order valence-corrected chi connectivity index (χ4v) is 3.90. The van der Waals surface area contributed by atoms with Crippen LogP contribution in [0, 0.1) is 6.92 Å². The van der Waals surface area contributed by atoms with Gasteiger partial charge in [0.1, 0.15) is 12.5 Å². The molecular formula is C23H21BN3O+. The van der Waals surface area contributed by atoms with Crippen molar-refractivity contribution in [2.24, 2.45) is 7.05 Å². The molecule has 0 saturated carbocycles. The number of aryl methyl sites for hydroxylation is 2. The zero-order valence-corrected chi connectivity index (χ0v) is 16.3. The van der Waals surface area contributed by atoms with Gasteiger partial charge in [-0.2, -0.15) is 0 Å². The van der Waals surface area contributed by atoms with Crippen LogP contribution in [-0.2, 0) is 7.05 Å². The predicted molar refractivity (Wildman–Crippen MR) is 113 cm³/mol. The van der Waals surface area contributed by atoms with Crippen LogP contribution < -0.4 is 20.8 Å². The van der Waals surface area contributed by atoms with Gasteiger partial charge in [-0.05, 0) is 49.4 Å². The van der Waals surface area contributed by atoms with Crippen LogP contribution in [0.5, 0.6) is 0 Å². The number of rotatable bonds is 2. The number of hydrogen-bond acceptors (Lipinski definition) is 3. The minimum atomic E-state index is 0.0859. The van der Waals surface area contributed by atoms with Gasteiger partial charge in [-0.25, -0.2) is 9.55 Å². The molecule has 136 valence electrons. The quantitative estimate of drug-likeness (QED) is 0.399. The van der Waals surface area contributed by atoms with Crippen LogP contribution in [0.4, 0.5) is 0 Å². The Hall–Kier alpha value is -3.34. The molecule has 0 atom stereocenters. The first-order chi connectivity index (χ1) is 13.6. The van der Waals surface area contributed by atoms with E-state index in [2.05, 4.69) is 89.3 Å². The van der Waals surface area contributed by atoms with Gasteiger partial charge in [0.15, 0.2) is 11.8 Å². The van der Waals surface area contributed by atoms with Crippen LogP contribution >= 0.6 is 0 Å². The number of fused-ring (bicyclic) bond motifs is 3. The lowest BCUT2D eigenvalue weighted by atomic mass is 9.56. The second kappa shape index (κ2) is 6.38. The van der Waals surface area contributed by atoms with E-state index in [1.54, 1.807) is 0 Å². The molecule has 0 saturated heterocycles. The highest BCUT2D eigenvalue weighted by Crippen LogP contribution is 2.17. The molecule has 28 heavy (non-hydrogen) atoms. The average molecular weight is 366 g/mol. The minimum absolute atomic E-state index is 0.0859. The molecule has 0 amide bonds. The van der Waals surface area contributed by atoms with Gasteiger partial charge in [0.2, 0.25) is 5.71 Å². The van der Waals surface area contributed by atoms with Crippen molar-refractivity contribution in [1.29, 1.82) is 0 Å². The lowest BCUT2D eigenvalue weighted by Crippen LogP contribution is -2.60. The van der Waals surface area contributed by atoms with Gasteiger partial charge >= 0.3 is 6.85 Å². The number of aromatic nitrogens is 2. The Kier molecular flexibility index (Phi) is 3.83. The smallest absolute Gasteiger partial charge is 0.399 e. The molecule has 1 aliphatic heterocycles. The molecule has 0 radical (unpaired) electrons. The predicted octanol–water partition coefficient (Wildman–Crippen LogP) is 1.53. The number of nitrogens with zero attached hydrogens (tertiary/aromatic N) is 3. The van der Waals surface area contributed by atoms with Gasteiger partial charge < -0.3 is 9.23 Å². The largest absolute Gasteiger partial charge is 0.439 e. The van der Waals surface area contributed by atoms with E-state index >= 15 is 0 Å². The van der Waals surface area contributed by atoms with Crippen LogP contribution in [0.25, 0.3) is 34.4 Å². The van der Waals surface area contributed by atoms with Crippen molar-refractivity contribution in [1.82, 2.24) is 9.79 Å². The first kappa shape index (κ1) is 16.8. The van der Waals surface area contributed by atoms with Crippen molar-refractivity contribution in [3.05, 3.63) is 77.1 Å². The fraction of sp³-hybridized carbons (Fsp3) is 0.130. The van der Waals surface area contributed by atoms with E-state index in [9.17, 15) is 0 Å². The normalized spacial score (nSPS) is 13.2. The van der Waals surface area contributed by atoms with E-state index in [4.69, 9.17) is 4.42 Å². The van der Waals surface area contributed by atoms with Gasteiger partial charge in [0, 0.05) is 28.4 Å². The molecule has 0 unspecified atom stereocenters. The molecule has 3 aromatic heterocycles. The molecule has 4 nitrogen and oxygen atoms in total. The van der Waals surface area contributed by atoms with Crippen molar-refractivity contribution in [2.75, 3.05) is 7.05 Å². The summed E-state index contributed by atoms with van der Waals surface area (Å²) in [5.74, 6) is 2.19.